The van der Waals surface area contributed by atoms with Crippen molar-refractivity contribution in [1.29, 1.82) is 0 Å². The minimum absolute atomic E-state index is 0.335. The molecule has 0 aromatic carbocycles. The second-order valence-corrected chi connectivity index (χ2v) is 6.67. The second-order valence-electron chi connectivity index (χ2n) is 5.31. The van der Waals surface area contributed by atoms with Crippen LogP contribution >= 0.6 is 23.4 Å². The number of aromatic nitrogens is 5. The van der Waals surface area contributed by atoms with Crippen LogP contribution in [0, 0.1) is 0 Å². The van der Waals surface area contributed by atoms with Gasteiger partial charge in [0, 0.05) is 12.0 Å². The van der Waals surface area contributed by atoms with Crippen LogP contribution in [0.15, 0.2) is 16.4 Å². The number of hydrazine groups is 1. The van der Waals surface area contributed by atoms with Crippen molar-refractivity contribution in [3.8, 4) is 0 Å². The van der Waals surface area contributed by atoms with Gasteiger partial charge in [0.2, 0.25) is 5.95 Å². The SMILES string of the molecule is NNc1ncc(Cl)c(Sc2nnc(C3CC3)n2C2CC2)n1. The lowest BCUT2D eigenvalue weighted by atomic mass is 10.4. The van der Waals surface area contributed by atoms with Gasteiger partial charge in [-0.05, 0) is 37.4 Å². The van der Waals surface area contributed by atoms with Gasteiger partial charge in [0.1, 0.15) is 10.9 Å². The number of anilines is 1. The molecule has 0 bridgehead atoms. The van der Waals surface area contributed by atoms with E-state index in [1.165, 1.54) is 43.6 Å². The Bertz CT molecular complexity index is 680. The van der Waals surface area contributed by atoms with E-state index in [9.17, 15) is 0 Å². The molecule has 21 heavy (non-hydrogen) atoms. The van der Waals surface area contributed by atoms with Crippen LogP contribution < -0.4 is 11.3 Å². The van der Waals surface area contributed by atoms with Gasteiger partial charge < -0.3 is 4.57 Å². The fraction of sp³-hybridized carbons (Fsp3) is 0.500. The maximum atomic E-state index is 6.16. The lowest BCUT2D eigenvalue weighted by Crippen LogP contribution is -2.10. The van der Waals surface area contributed by atoms with Gasteiger partial charge in [0.25, 0.3) is 0 Å². The quantitative estimate of drug-likeness (QED) is 0.495. The largest absolute Gasteiger partial charge is 0.302 e. The molecule has 0 saturated heterocycles. The number of hydrogen-bond donors (Lipinski definition) is 2. The lowest BCUT2D eigenvalue weighted by molar-refractivity contribution is 0.626. The van der Waals surface area contributed by atoms with E-state index in [1.807, 2.05) is 0 Å². The zero-order valence-corrected chi connectivity index (χ0v) is 12.7. The Morgan fingerprint density at radius 3 is 2.76 bits per heavy atom. The predicted octanol–water partition coefficient (Wildman–Crippen LogP) is 2.37. The third kappa shape index (κ3) is 2.58. The van der Waals surface area contributed by atoms with Crippen molar-refractivity contribution in [3.05, 3.63) is 17.0 Å². The van der Waals surface area contributed by atoms with Crippen molar-refractivity contribution in [2.75, 3.05) is 5.43 Å². The number of nitrogens with zero attached hydrogens (tertiary/aromatic N) is 5. The monoisotopic (exact) mass is 323 g/mol. The van der Waals surface area contributed by atoms with Gasteiger partial charge in [-0.1, -0.05) is 11.6 Å². The van der Waals surface area contributed by atoms with Crippen LogP contribution in [0.1, 0.15) is 43.5 Å². The zero-order chi connectivity index (χ0) is 14.4. The van der Waals surface area contributed by atoms with E-state index >= 15 is 0 Å². The molecule has 2 aromatic heterocycles. The van der Waals surface area contributed by atoms with E-state index in [0.29, 0.717) is 28.0 Å². The molecule has 2 aliphatic carbocycles. The zero-order valence-electron chi connectivity index (χ0n) is 11.2. The van der Waals surface area contributed by atoms with E-state index in [2.05, 4.69) is 30.2 Å². The number of halogens is 1. The van der Waals surface area contributed by atoms with Gasteiger partial charge in [0.15, 0.2) is 5.16 Å². The molecule has 2 heterocycles. The molecule has 0 amide bonds. The Morgan fingerprint density at radius 2 is 2.10 bits per heavy atom. The van der Waals surface area contributed by atoms with Crippen LogP contribution in [0.4, 0.5) is 5.95 Å². The molecule has 110 valence electrons. The molecule has 4 rings (SSSR count). The molecule has 0 unspecified atom stereocenters. The van der Waals surface area contributed by atoms with Crippen molar-refractivity contribution in [3.63, 3.8) is 0 Å². The first kappa shape index (κ1) is 13.3. The summed E-state index contributed by atoms with van der Waals surface area (Å²) in [4.78, 5) is 8.26. The molecule has 9 heteroatoms. The highest BCUT2D eigenvalue weighted by Gasteiger charge is 2.36. The number of nitrogen functional groups attached to an aromatic ring is 1. The summed E-state index contributed by atoms with van der Waals surface area (Å²) >= 11 is 7.58. The van der Waals surface area contributed by atoms with Crippen molar-refractivity contribution in [2.24, 2.45) is 5.84 Å². The normalized spacial score (nSPS) is 18.0. The first-order valence-electron chi connectivity index (χ1n) is 6.88. The van der Waals surface area contributed by atoms with Crippen LogP contribution in [0.5, 0.6) is 0 Å². The second kappa shape index (κ2) is 5.11. The number of hydrogen-bond acceptors (Lipinski definition) is 7. The molecule has 2 saturated carbocycles. The predicted molar refractivity (Wildman–Crippen MR) is 79.2 cm³/mol. The number of nitrogens with one attached hydrogen (secondary N) is 1. The highest BCUT2D eigenvalue weighted by Crippen LogP contribution is 2.47. The van der Waals surface area contributed by atoms with Gasteiger partial charge in [-0.3, -0.25) is 5.43 Å². The summed E-state index contributed by atoms with van der Waals surface area (Å²) in [6.45, 7) is 0. The Balaban J connectivity index is 1.68. The van der Waals surface area contributed by atoms with Gasteiger partial charge in [-0.25, -0.2) is 15.8 Å². The summed E-state index contributed by atoms with van der Waals surface area (Å²) in [5, 5.41) is 10.7. The summed E-state index contributed by atoms with van der Waals surface area (Å²) in [6, 6.07) is 0.533. The molecule has 0 spiro atoms. The molecule has 2 aliphatic rings. The molecular formula is C12H14ClN7S. The third-order valence-corrected chi connectivity index (χ3v) is 4.93. The molecule has 7 nitrogen and oxygen atoms in total. The molecule has 2 aromatic rings. The average Bonchev–Trinajstić information content (AvgIpc) is 3.40. The molecule has 0 atom stereocenters. The van der Waals surface area contributed by atoms with Crippen molar-refractivity contribution >= 4 is 29.3 Å². The fourth-order valence-corrected chi connectivity index (χ4v) is 3.32. The van der Waals surface area contributed by atoms with E-state index < -0.39 is 0 Å². The van der Waals surface area contributed by atoms with Crippen molar-refractivity contribution in [1.82, 2.24) is 24.7 Å². The van der Waals surface area contributed by atoms with Gasteiger partial charge >= 0.3 is 0 Å². The van der Waals surface area contributed by atoms with E-state index in [1.54, 1.807) is 0 Å². The maximum absolute atomic E-state index is 6.16. The molecule has 0 radical (unpaired) electrons. The average molecular weight is 324 g/mol. The van der Waals surface area contributed by atoms with Crippen LogP contribution in [0.3, 0.4) is 0 Å². The maximum Gasteiger partial charge on any atom is 0.238 e. The Kier molecular flexibility index (Phi) is 3.24. The lowest BCUT2D eigenvalue weighted by Gasteiger charge is -2.08. The number of nitrogens with two attached hydrogens (primary N) is 1. The molecule has 2 fully saturated rings. The number of rotatable bonds is 5. The van der Waals surface area contributed by atoms with Crippen LogP contribution in [-0.4, -0.2) is 24.7 Å². The van der Waals surface area contributed by atoms with E-state index in [4.69, 9.17) is 17.4 Å². The van der Waals surface area contributed by atoms with E-state index in [0.717, 1.165) is 11.0 Å². The Labute approximate surface area is 130 Å². The Morgan fingerprint density at radius 1 is 1.29 bits per heavy atom. The van der Waals surface area contributed by atoms with Gasteiger partial charge in [-0.2, -0.15) is 0 Å². The smallest absolute Gasteiger partial charge is 0.238 e. The van der Waals surface area contributed by atoms with Crippen molar-refractivity contribution in [2.45, 2.75) is 47.8 Å². The first-order chi connectivity index (χ1) is 10.3. The Hall–Kier alpha value is -1.38. The summed E-state index contributed by atoms with van der Waals surface area (Å²) in [5.41, 5.74) is 2.43. The highest BCUT2D eigenvalue weighted by atomic mass is 35.5. The van der Waals surface area contributed by atoms with Crippen LogP contribution in [-0.2, 0) is 0 Å². The summed E-state index contributed by atoms with van der Waals surface area (Å²) in [6.07, 6.45) is 6.35. The van der Waals surface area contributed by atoms with E-state index in [-0.39, 0.29) is 0 Å². The fourth-order valence-electron chi connectivity index (χ4n) is 2.23. The molecule has 3 N–H and O–H groups in total. The van der Waals surface area contributed by atoms with Crippen molar-refractivity contribution < 1.29 is 0 Å². The topological polar surface area (TPSA) is 94.5 Å². The van der Waals surface area contributed by atoms with Crippen LogP contribution in [0.2, 0.25) is 5.02 Å². The molecular weight excluding hydrogens is 310 g/mol. The van der Waals surface area contributed by atoms with Gasteiger partial charge in [-0.15, -0.1) is 10.2 Å². The minimum Gasteiger partial charge on any atom is -0.302 e. The van der Waals surface area contributed by atoms with Crippen LogP contribution in [0.25, 0.3) is 0 Å². The summed E-state index contributed by atoms with van der Waals surface area (Å²) < 4.78 is 2.26. The minimum atomic E-state index is 0.335. The highest BCUT2D eigenvalue weighted by molar-refractivity contribution is 7.99. The summed E-state index contributed by atoms with van der Waals surface area (Å²) in [5.74, 6) is 7.37. The summed E-state index contributed by atoms with van der Waals surface area (Å²) in [7, 11) is 0. The molecule has 0 aliphatic heterocycles. The third-order valence-electron chi connectivity index (χ3n) is 3.57. The first-order valence-corrected chi connectivity index (χ1v) is 8.07. The standard InChI is InChI=1S/C12H14ClN7S/c13-8-5-15-11(17-14)16-10(8)21-12-19-18-9(6-1-2-6)20(12)7-3-4-7/h5-7H,1-4,14H2,(H,15,16,17). The van der Waals surface area contributed by atoms with Gasteiger partial charge in [0.05, 0.1) is 11.2 Å².